The van der Waals surface area contributed by atoms with Crippen molar-refractivity contribution in [1.29, 1.82) is 0 Å². The highest BCUT2D eigenvalue weighted by molar-refractivity contribution is 6.00. The molecule has 7 nitrogen and oxygen atoms in total. The van der Waals surface area contributed by atoms with Gasteiger partial charge in [0.15, 0.2) is 5.65 Å². The molecule has 176 valence electrons. The minimum atomic E-state index is -4.51. The van der Waals surface area contributed by atoms with Crippen LogP contribution < -0.4 is 11.1 Å². The molecular weight excluding hydrogens is 433 g/mol. The summed E-state index contributed by atoms with van der Waals surface area (Å²) in [5, 5.41) is 3.65. The Kier molecular flexibility index (Phi) is 6.49. The van der Waals surface area contributed by atoms with E-state index in [1.54, 1.807) is 34.0 Å². The first-order valence-corrected chi connectivity index (χ1v) is 10.4. The van der Waals surface area contributed by atoms with Crippen LogP contribution in [0.4, 0.5) is 24.7 Å². The van der Waals surface area contributed by atoms with Gasteiger partial charge in [-0.3, -0.25) is 4.79 Å². The van der Waals surface area contributed by atoms with E-state index in [0.717, 1.165) is 12.1 Å². The fourth-order valence-electron chi connectivity index (χ4n) is 3.52. The second-order valence-corrected chi connectivity index (χ2v) is 8.52. The molecule has 0 saturated heterocycles. The number of fused-ring (bicyclic) bond motifs is 1. The van der Waals surface area contributed by atoms with Crippen LogP contribution in [0.15, 0.2) is 24.3 Å². The van der Waals surface area contributed by atoms with Crippen LogP contribution in [0.1, 0.15) is 65.7 Å². The summed E-state index contributed by atoms with van der Waals surface area (Å²) in [6, 6.07) is 4.57. The standard InChI is InChI=1S/C23H27F3N6O/c1-11(2)19-17(22(33)32(5)6)10-18-20(29-13(4)30-21(18)31-19)28-12(3)14-7-15(23(24,25)26)9-16(27)8-14/h7-12H,27H2,1-6H3,(H,28,29,30,31)/t12-/m1/s1. The number of rotatable bonds is 5. The molecule has 2 heterocycles. The van der Waals surface area contributed by atoms with E-state index in [1.165, 1.54) is 11.0 Å². The van der Waals surface area contributed by atoms with Crippen LogP contribution in [-0.2, 0) is 6.18 Å². The first-order valence-electron chi connectivity index (χ1n) is 10.4. The average Bonchev–Trinajstić information content (AvgIpc) is 2.70. The molecule has 0 bridgehead atoms. The number of aryl methyl sites for hydroxylation is 1. The zero-order valence-electron chi connectivity index (χ0n) is 19.4. The maximum absolute atomic E-state index is 13.2. The van der Waals surface area contributed by atoms with Crippen molar-refractivity contribution < 1.29 is 18.0 Å². The molecule has 1 amide bonds. The van der Waals surface area contributed by atoms with E-state index in [4.69, 9.17) is 5.73 Å². The number of carbonyl (C=O) groups is 1. The maximum atomic E-state index is 13.2. The van der Waals surface area contributed by atoms with Crippen molar-refractivity contribution in [1.82, 2.24) is 19.9 Å². The van der Waals surface area contributed by atoms with Gasteiger partial charge in [-0.1, -0.05) is 13.8 Å². The van der Waals surface area contributed by atoms with Gasteiger partial charge >= 0.3 is 6.18 Å². The molecule has 2 aromatic heterocycles. The molecule has 0 spiro atoms. The van der Waals surface area contributed by atoms with Crippen molar-refractivity contribution in [3.05, 3.63) is 52.5 Å². The Morgan fingerprint density at radius 1 is 1.06 bits per heavy atom. The number of nitrogens with two attached hydrogens (primary N) is 1. The summed E-state index contributed by atoms with van der Waals surface area (Å²) < 4.78 is 39.7. The highest BCUT2D eigenvalue weighted by atomic mass is 19.4. The zero-order valence-corrected chi connectivity index (χ0v) is 19.4. The predicted molar refractivity (Wildman–Crippen MR) is 122 cm³/mol. The molecule has 0 fully saturated rings. The number of hydrogen-bond donors (Lipinski definition) is 2. The van der Waals surface area contributed by atoms with Crippen LogP contribution in [0.3, 0.4) is 0 Å². The van der Waals surface area contributed by atoms with Gasteiger partial charge in [-0.2, -0.15) is 13.2 Å². The van der Waals surface area contributed by atoms with Gasteiger partial charge < -0.3 is 16.0 Å². The van der Waals surface area contributed by atoms with Crippen molar-refractivity contribution in [2.45, 2.75) is 45.8 Å². The molecule has 3 aromatic rings. The van der Waals surface area contributed by atoms with E-state index in [1.807, 2.05) is 13.8 Å². The summed E-state index contributed by atoms with van der Waals surface area (Å²) >= 11 is 0. The quantitative estimate of drug-likeness (QED) is 0.524. The number of pyridine rings is 1. The summed E-state index contributed by atoms with van der Waals surface area (Å²) in [5.74, 6) is 0.580. The Morgan fingerprint density at radius 2 is 1.73 bits per heavy atom. The van der Waals surface area contributed by atoms with Crippen molar-refractivity contribution in [3.63, 3.8) is 0 Å². The second-order valence-electron chi connectivity index (χ2n) is 8.52. The summed E-state index contributed by atoms with van der Waals surface area (Å²) in [7, 11) is 3.31. The number of aromatic nitrogens is 3. The minimum absolute atomic E-state index is 0.0132. The SMILES string of the molecule is Cc1nc(N[C@H](C)c2cc(N)cc(C(F)(F)F)c2)c2cc(C(=O)N(C)C)c(C(C)C)nc2n1. The number of nitrogens with zero attached hydrogens (tertiary/aromatic N) is 4. The monoisotopic (exact) mass is 460 g/mol. The number of amides is 1. The van der Waals surface area contributed by atoms with Gasteiger partial charge in [0, 0.05) is 19.8 Å². The van der Waals surface area contributed by atoms with Gasteiger partial charge in [0.1, 0.15) is 11.6 Å². The molecule has 33 heavy (non-hydrogen) atoms. The molecule has 3 rings (SSSR count). The molecule has 0 aliphatic rings. The van der Waals surface area contributed by atoms with E-state index >= 15 is 0 Å². The fraction of sp³-hybridized carbons (Fsp3) is 0.391. The molecule has 1 atom stereocenters. The first kappa shape index (κ1) is 24.2. The van der Waals surface area contributed by atoms with Crippen molar-refractivity contribution >= 4 is 28.4 Å². The number of anilines is 2. The molecule has 0 aliphatic heterocycles. The Morgan fingerprint density at radius 3 is 2.30 bits per heavy atom. The third kappa shape index (κ3) is 5.15. The van der Waals surface area contributed by atoms with Crippen LogP contribution in [0.5, 0.6) is 0 Å². The Bertz CT molecular complexity index is 1210. The lowest BCUT2D eigenvalue weighted by atomic mass is 10.0. The molecule has 0 aliphatic carbocycles. The lowest BCUT2D eigenvalue weighted by molar-refractivity contribution is -0.137. The summed E-state index contributed by atoms with van der Waals surface area (Å²) in [6.07, 6.45) is -4.51. The minimum Gasteiger partial charge on any atom is -0.399 e. The van der Waals surface area contributed by atoms with Crippen LogP contribution in [0.2, 0.25) is 0 Å². The molecule has 10 heteroatoms. The third-order valence-corrected chi connectivity index (χ3v) is 5.17. The van der Waals surface area contributed by atoms with Crippen molar-refractivity contribution in [2.24, 2.45) is 0 Å². The van der Waals surface area contributed by atoms with Crippen molar-refractivity contribution in [3.8, 4) is 0 Å². The smallest absolute Gasteiger partial charge is 0.399 e. The maximum Gasteiger partial charge on any atom is 0.416 e. The van der Waals surface area contributed by atoms with E-state index < -0.39 is 17.8 Å². The van der Waals surface area contributed by atoms with Gasteiger partial charge in [-0.15, -0.1) is 0 Å². The number of carbonyl (C=O) groups excluding carboxylic acids is 1. The summed E-state index contributed by atoms with van der Waals surface area (Å²) in [6.45, 7) is 7.29. The van der Waals surface area contributed by atoms with Gasteiger partial charge in [0.05, 0.1) is 28.2 Å². The van der Waals surface area contributed by atoms with Crippen molar-refractivity contribution in [2.75, 3.05) is 25.1 Å². The van der Waals surface area contributed by atoms with Crippen LogP contribution in [0.25, 0.3) is 11.0 Å². The topological polar surface area (TPSA) is 97.0 Å². The number of nitrogens with one attached hydrogen (secondary N) is 1. The Hall–Kier alpha value is -3.43. The van der Waals surface area contributed by atoms with Crippen LogP contribution in [0, 0.1) is 6.92 Å². The highest BCUT2D eigenvalue weighted by Gasteiger charge is 2.31. The molecule has 0 unspecified atom stereocenters. The lowest BCUT2D eigenvalue weighted by Gasteiger charge is -2.20. The van der Waals surface area contributed by atoms with Gasteiger partial charge in [0.2, 0.25) is 0 Å². The Balaban J connectivity index is 2.12. The number of nitrogen functional groups attached to an aromatic ring is 1. The second kappa shape index (κ2) is 8.84. The molecular formula is C23H27F3N6O. The zero-order chi connectivity index (χ0) is 24.7. The lowest BCUT2D eigenvalue weighted by Crippen LogP contribution is -2.24. The van der Waals surface area contributed by atoms with Crippen LogP contribution >= 0.6 is 0 Å². The van der Waals surface area contributed by atoms with Gasteiger partial charge in [0.25, 0.3) is 5.91 Å². The third-order valence-electron chi connectivity index (χ3n) is 5.17. The van der Waals surface area contributed by atoms with Gasteiger partial charge in [-0.05, 0) is 49.6 Å². The van der Waals surface area contributed by atoms with E-state index in [2.05, 4.69) is 20.3 Å². The van der Waals surface area contributed by atoms with Crippen LogP contribution in [-0.4, -0.2) is 39.9 Å². The molecule has 3 N–H and O–H groups in total. The Labute approximate surface area is 190 Å². The van der Waals surface area contributed by atoms with E-state index in [-0.39, 0.29) is 17.5 Å². The summed E-state index contributed by atoms with van der Waals surface area (Å²) in [4.78, 5) is 27.8. The number of benzene rings is 1. The highest BCUT2D eigenvalue weighted by Crippen LogP contribution is 2.34. The average molecular weight is 461 g/mol. The first-order chi connectivity index (χ1) is 15.3. The fourth-order valence-corrected chi connectivity index (χ4v) is 3.52. The van der Waals surface area contributed by atoms with E-state index in [9.17, 15) is 18.0 Å². The molecule has 0 saturated carbocycles. The number of alkyl halides is 3. The van der Waals surface area contributed by atoms with Gasteiger partial charge in [-0.25, -0.2) is 15.0 Å². The largest absolute Gasteiger partial charge is 0.416 e. The predicted octanol–water partition coefficient (Wildman–Crippen LogP) is 4.93. The normalized spacial score (nSPS) is 12.8. The number of halogens is 3. The van der Waals surface area contributed by atoms with E-state index in [0.29, 0.717) is 39.5 Å². The molecule has 1 aromatic carbocycles. The summed E-state index contributed by atoms with van der Waals surface area (Å²) in [5.41, 5.74) is 6.71. The number of hydrogen-bond acceptors (Lipinski definition) is 6. The molecule has 0 radical (unpaired) electrons.